The molecule has 2 rings (SSSR count). The maximum absolute atomic E-state index is 12.0. The van der Waals surface area contributed by atoms with E-state index in [-0.39, 0.29) is 40.6 Å². The maximum Gasteiger partial charge on any atom is 0.270 e. The third kappa shape index (κ3) is 4.06. The molecule has 1 atom stereocenters. The number of nitro benzene ring substituents is 1. The zero-order valence-electron chi connectivity index (χ0n) is 10.6. The van der Waals surface area contributed by atoms with Crippen LogP contribution in [0.3, 0.4) is 0 Å². The Balaban J connectivity index is 0.00000200. The maximum atomic E-state index is 12.0. The number of carbonyl (C=O) groups excluding carboxylic acids is 1. The lowest BCUT2D eigenvalue weighted by atomic mass is 10.1. The van der Waals surface area contributed by atoms with Crippen molar-refractivity contribution >= 4 is 35.6 Å². The van der Waals surface area contributed by atoms with Gasteiger partial charge in [-0.05, 0) is 25.5 Å². The molecule has 0 saturated carbocycles. The Bertz CT molecular complexity index is 505. The minimum atomic E-state index is -0.543. The van der Waals surface area contributed by atoms with E-state index in [1.54, 1.807) is 0 Å². The summed E-state index contributed by atoms with van der Waals surface area (Å²) in [6.45, 7) is 1.70. The number of hydrogen-bond donors (Lipinski definition) is 2. The summed E-state index contributed by atoms with van der Waals surface area (Å²) < 4.78 is 0. The van der Waals surface area contributed by atoms with Crippen LogP contribution in [0.4, 0.5) is 5.69 Å². The van der Waals surface area contributed by atoms with E-state index < -0.39 is 4.92 Å². The Morgan fingerprint density at radius 1 is 1.50 bits per heavy atom. The fourth-order valence-electron chi connectivity index (χ4n) is 2.04. The van der Waals surface area contributed by atoms with E-state index in [4.69, 9.17) is 11.6 Å². The highest BCUT2D eigenvalue weighted by molar-refractivity contribution is 6.34. The molecule has 110 valence electrons. The van der Waals surface area contributed by atoms with Crippen LogP contribution in [-0.4, -0.2) is 30.0 Å². The van der Waals surface area contributed by atoms with Crippen molar-refractivity contribution in [1.29, 1.82) is 0 Å². The molecule has 1 saturated heterocycles. The molecule has 1 fully saturated rings. The zero-order valence-corrected chi connectivity index (χ0v) is 12.2. The summed E-state index contributed by atoms with van der Waals surface area (Å²) in [4.78, 5) is 22.1. The van der Waals surface area contributed by atoms with E-state index in [0.717, 1.165) is 25.9 Å². The van der Waals surface area contributed by atoms with Gasteiger partial charge in [0.15, 0.2) is 0 Å². The molecule has 1 aliphatic rings. The molecule has 0 aliphatic carbocycles. The van der Waals surface area contributed by atoms with Gasteiger partial charge in [0.05, 0.1) is 15.5 Å². The summed E-state index contributed by atoms with van der Waals surface area (Å²) in [6.07, 6.45) is 1.93. The van der Waals surface area contributed by atoms with Gasteiger partial charge in [-0.25, -0.2) is 0 Å². The predicted molar refractivity (Wildman–Crippen MR) is 78.7 cm³/mol. The molecule has 8 heteroatoms. The third-order valence-corrected chi connectivity index (χ3v) is 3.35. The van der Waals surface area contributed by atoms with Crippen LogP contribution in [0.15, 0.2) is 18.2 Å². The Labute approximate surface area is 127 Å². The zero-order chi connectivity index (χ0) is 13.8. The summed E-state index contributed by atoms with van der Waals surface area (Å²) in [7, 11) is 0. The molecule has 0 bridgehead atoms. The standard InChI is InChI=1S/C12H14ClN3O3.ClH/c13-11-6-9(16(18)19)3-4-10(11)12(17)15-8-2-1-5-14-7-8;/h3-4,6,8,14H,1-2,5,7H2,(H,15,17);1H/t8-;/m0./s1. The van der Waals surface area contributed by atoms with Crippen molar-refractivity contribution in [3.05, 3.63) is 38.9 Å². The number of piperidine rings is 1. The predicted octanol–water partition coefficient (Wildman–Crippen LogP) is 2.15. The topological polar surface area (TPSA) is 84.3 Å². The average molecular weight is 320 g/mol. The number of carbonyl (C=O) groups is 1. The van der Waals surface area contributed by atoms with Crippen molar-refractivity contribution in [2.75, 3.05) is 13.1 Å². The molecule has 1 amide bonds. The van der Waals surface area contributed by atoms with Crippen molar-refractivity contribution in [3.8, 4) is 0 Å². The van der Waals surface area contributed by atoms with Gasteiger partial charge >= 0.3 is 0 Å². The number of nitro groups is 1. The van der Waals surface area contributed by atoms with Gasteiger partial charge < -0.3 is 10.6 Å². The lowest BCUT2D eigenvalue weighted by molar-refractivity contribution is -0.384. The highest BCUT2D eigenvalue weighted by Crippen LogP contribution is 2.22. The minimum absolute atomic E-state index is 0. The van der Waals surface area contributed by atoms with E-state index in [2.05, 4.69) is 10.6 Å². The number of hydrogen-bond acceptors (Lipinski definition) is 4. The van der Waals surface area contributed by atoms with Crippen LogP contribution in [0.2, 0.25) is 5.02 Å². The minimum Gasteiger partial charge on any atom is -0.348 e. The van der Waals surface area contributed by atoms with Crippen LogP contribution in [0.1, 0.15) is 23.2 Å². The van der Waals surface area contributed by atoms with Gasteiger partial charge in [0.1, 0.15) is 0 Å². The summed E-state index contributed by atoms with van der Waals surface area (Å²) in [5.41, 5.74) is 0.138. The molecule has 1 aliphatic heterocycles. The van der Waals surface area contributed by atoms with Gasteiger partial charge in [0.2, 0.25) is 0 Å². The van der Waals surface area contributed by atoms with Crippen LogP contribution < -0.4 is 10.6 Å². The monoisotopic (exact) mass is 319 g/mol. The van der Waals surface area contributed by atoms with Crippen LogP contribution >= 0.6 is 24.0 Å². The second-order valence-electron chi connectivity index (χ2n) is 4.44. The number of rotatable bonds is 3. The SMILES string of the molecule is Cl.O=C(N[C@H]1CCCNC1)c1ccc([N+](=O)[O-])cc1Cl. The molecule has 1 aromatic rings. The molecular weight excluding hydrogens is 305 g/mol. The van der Waals surface area contributed by atoms with Crippen LogP contribution in [0.5, 0.6) is 0 Å². The molecule has 20 heavy (non-hydrogen) atoms. The first kappa shape index (κ1) is 16.7. The number of non-ortho nitro benzene ring substituents is 1. The normalized spacial score (nSPS) is 17.9. The molecule has 0 aromatic heterocycles. The fraction of sp³-hybridized carbons (Fsp3) is 0.417. The van der Waals surface area contributed by atoms with Crippen molar-refractivity contribution in [2.24, 2.45) is 0 Å². The average Bonchev–Trinajstić information content (AvgIpc) is 2.39. The number of nitrogens with one attached hydrogen (secondary N) is 2. The Kier molecular flexibility index (Phi) is 6.19. The van der Waals surface area contributed by atoms with Gasteiger partial charge in [-0.2, -0.15) is 0 Å². The first-order valence-corrected chi connectivity index (χ1v) is 6.41. The summed E-state index contributed by atoms with van der Waals surface area (Å²) in [5.74, 6) is -0.298. The molecule has 6 nitrogen and oxygen atoms in total. The first-order chi connectivity index (χ1) is 9.08. The fourth-order valence-corrected chi connectivity index (χ4v) is 2.30. The Morgan fingerprint density at radius 2 is 2.25 bits per heavy atom. The van der Waals surface area contributed by atoms with Crippen LogP contribution in [-0.2, 0) is 0 Å². The first-order valence-electron chi connectivity index (χ1n) is 6.03. The third-order valence-electron chi connectivity index (χ3n) is 3.04. The Morgan fingerprint density at radius 3 is 2.80 bits per heavy atom. The lowest BCUT2D eigenvalue weighted by Crippen LogP contribution is -2.45. The molecule has 0 spiro atoms. The molecule has 0 radical (unpaired) electrons. The lowest BCUT2D eigenvalue weighted by Gasteiger charge is -2.23. The summed E-state index contributed by atoms with van der Waals surface area (Å²) in [6, 6.07) is 3.93. The molecule has 2 N–H and O–H groups in total. The molecule has 0 unspecified atom stereocenters. The number of amides is 1. The van der Waals surface area contributed by atoms with E-state index in [1.807, 2.05) is 0 Å². The second kappa shape index (κ2) is 7.42. The van der Waals surface area contributed by atoms with E-state index in [0.29, 0.717) is 0 Å². The van der Waals surface area contributed by atoms with Crippen LogP contribution in [0.25, 0.3) is 0 Å². The van der Waals surface area contributed by atoms with Gasteiger partial charge in [-0.3, -0.25) is 14.9 Å². The van der Waals surface area contributed by atoms with Gasteiger partial charge in [-0.15, -0.1) is 12.4 Å². The number of benzene rings is 1. The van der Waals surface area contributed by atoms with Crippen molar-refractivity contribution < 1.29 is 9.72 Å². The van der Waals surface area contributed by atoms with Crippen LogP contribution in [0, 0.1) is 10.1 Å². The number of halogens is 2. The van der Waals surface area contributed by atoms with E-state index in [1.165, 1.54) is 18.2 Å². The number of nitrogens with zero attached hydrogens (tertiary/aromatic N) is 1. The van der Waals surface area contributed by atoms with E-state index >= 15 is 0 Å². The van der Waals surface area contributed by atoms with Crippen molar-refractivity contribution in [3.63, 3.8) is 0 Å². The molecular formula is C12H15Cl2N3O3. The quantitative estimate of drug-likeness (QED) is 0.660. The summed E-state index contributed by atoms with van der Waals surface area (Å²) in [5, 5.41) is 16.7. The van der Waals surface area contributed by atoms with E-state index in [9.17, 15) is 14.9 Å². The largest absolute Gasteiger partial charge is 0.348 e. The van der Waals surface area contributed by atoms with Gasteiger partial charge in [0, 0.05) is 24.7 Å². The molecule has 1 heterocycles. The molecule has 1 aromatic carbocycles. The summed E-state index contributed by atoms with van der Waals surface area (Å²) >= 11 is 5.91. The second-order valence-corrected chi connectivity index (χ2v) is 4.85. The Hall–Kier alpha value is -1.37. The van der Waals surface area contributed by atoms with Gasteiger partial charge in [-0.1, -0.05) is 11.6 Å². The highest BCUT2D eigenvalue weighted by atomic mass is 35.5. The van der Waals surface area contributed by atoms with Crippen molar-refractivity contribution in [1.82, 2.24) is 10.6 Å². The van der Waals surface area contributed by atoms with Crippen molar-refractivity contribution in [2.45, 2.75) is 18.9 Å². The smallest absolute Gasteiger partial charge is 0.270 e. The highest BCUT2D eigenvalue weighted by Gasteiger charge is 2.19. The van der Waals surface area contributed by atoms with Gasteiger partial charge in [0.25, 0.3) is 11.6 Å².